The third-order valence-corrected chi connectivity index (χ3v) is 2.81. The van der Waals surface area contributed by atoms with E-state index in [0.717, 1.165) is 0 Å². The van der Waals surface area contributed by atoms with Crippen LogP contribution in [0.3, 0.4) is 0 Å². The van der Waals surface area contributed by atoms with Crippen molar-refractivity contribution in [3.8, 4) is 6.07 Å². The summed E-state index contributed by atoms with van der Waals surface area (Å²) in [6.07, 6.45) is 0. The Balaban J connectivity index is 2.89. The molecule has 0 saturated carbocycles. The zero-order valence-electron chi connectivity index (χ0n) is 10.4. The lowest BCUT2D eigenvalue weighted by molar-refractivity contribution is -0.385. The Labute approximate surface area is 118 Å². The number of halogens is 1. The molecule has 0 aliphatic rings. The van der Waals surface area contributed by atoms with Gasteiger partial charge in [0.1, 0.15) is 0 Å². The molecule has 0 radical (unpaired) electrons. The smallest absolute Gasteiger partial charge is 0.271 e. The van der Waals surface area contributed by atoms with Crippen LogP contribution in [0.1, 0.15) is 24.2 Å². The lowest BCUT2D eigenvalue weighted by atomic mass is 9.96. The number of benzene rings is 1. The molecule has 0 saturated heterocycles. The molecule has 0 heterocycles. The van der Waals surface area contributed by atoms with E-state index in [0.29, 0.717) is 4.47 Å². The van der Waals surface area contributed by atoms with Crippen LogP contribution >= 0.6 is 15.9 Å². The molecule has 0 atom stereocenters. The molecule has 1 amide bonds. The van der Waals surface area contributed by atoms with Crippen molar-refractivity contribution >= 4 is 27.5 Å². The summed E-state index contributed by atoms with van der Waals surface area (Å²) >= 11 is 3.12. The third-order valence-electron chi connectivity index (χ3n) is 2.35. The summed E-state index contributed by atoms with van der Waals surface area (Å²) in [4.78, 5) is 22.0. The van der Waals surface area contributed by atoms with E-state index in [1.54, 1.807) is 13.8 Å². The van der Waals surface area contributed by atoms with Crippen molar-refractivity contribution in [3.05, 3.63) is 38.3 Å². The topological polar surface area (TPSA) is 96.0 Å². The Morgan fingerprint density at radius 3 is 2.68 bits per heavy atom. The van der Waals surface area contributed by atoms with Gasteiger partial charge in [-0.05, 0) is 19.9 Å². The zero-order valence-corrected chi connectivity index (χ0v) is 12.0. The van der Waals surface area contributed by atoms with Gasteiger partial charge in [0.25, 0.3) is 11.6 Å². The molecule has 1 aromatic rings. The molecule has 0 spiro atoms. The van der Waals surface area contributed by atoms with Gasteiger partial charge in [0, 0.05) is 28.7 Å². The molecule has 1 rings (SSSR count). The van der Waals surface area contributed by atoms with Crippen LogP contribution in [0.25, 0.3) is 0 Å². The lowest BCUT2D eigenvalue weighted by Gasteiger charge is -2.15. The van der Waals surface area contributed by atoms with Gasteiger partial charge in [-0.2, -0.15) is 5.26 Å². The maximum atomic E-state index is 11.9. The number of nitriles is 1. The maximum Gasteiger partial charge on any atom is 0.271 e. The molecule has 0 aromatic heterocycles. The highest BCUT2D eigenvalue weighted by atomic mass is 79.9. The molecule has 0 unspecified atom stereocenters. The number of rotatable bonds is 4. The average Bonchev–Trinajstić information content (AvgIpc) is 2.35. The monoisotopic (exact) mass is 325 g/mol. The molecule has 100 valence electrons. The fraction of sp³-hybridized carbons (Fsp3) is 0.333. The number of non-ortho nitro benzene ring substituents is 1. The van der Waals surface area contributed by atoms with E-state index < -0.39 is 16.2 Å². The number of carbonyl (C=O) groups is 1. The van der Waals surface area contributed by atoms with Crippen molar-refractivity contribution in [3.63, 3.8) is 0 Å². The standard InChI is InChI=1S/C12H12BrN3O3/c1-12(2,6-14)7-15-11(17)8-3-9(13)5-10(4-8)16(18)19/h3-5H,7H2,1-2H3,(H,15,17). The van der Waals surface area contributed by atoms with Gasteiger partial charge in [0.15, 0.2) is 0 Å². The van der Waals surface area contributed by atoms with Crippen LogP contribution in [-0.2, 0) is 0 Å². The first-order chi connectivity index (χ1) is 8.75. The van der Waals surface area contributed by atoms with Crippen molar-refractivity contribution < 1.29 is 9.72 Å². The maximum absolute atomic E-state index is 11.9. The molecule has 0 aliphatic carbocycles. The number of hydrogen-bond acceptors (Lipinski definition) is 4. The minimum absolute atomic E-state index is 0.168. The molecule has 0 fully saturated rings. The summed E-state index contributed by atoms with van der Waals surface area (Å²) in [5.41, 5.74) is -0.679. The second-order valence-corrected chi connectivity index (χ2v) is 5.55. The second kappa shape index (κ2) is 5.80. The van der Waals surface area contributed by atoms with Crippen molar-refractivity contribution in [2.75, 3.05) is 6.54 Å². The molecule has 0 bridgehead atoms. The second-order valence-electron chi connectivity index (χ2n) is 4.63. The van der Waals surface area contributed by atoms with Gasteiger partial charge < -0.3 is 5.32 Å². The van der Waals surface area contributed by atoms with Gasteiger partial charge in [0.2, 0.25) is 0 Å². The van der Waals surface area contributed by atoms with Gasteiger partial charge in [-0.25, -0.2) is 0 Å². The molecule has 1 N–H and O–H groups in total. The summed E-state index contributed by atoms with van der Waals surface area (Å²) in [6.45, 7) is 3.55. The van der Waals surface area contributed by atoms with E-state index in [9.17, 15) is 14.9 Å². The van der Waals surface area contributed by atoms with Crippen LogP contribution in [0, 0.1) is 26.9 Å². The van der Waals surface area contributed by atoms with Crippen molar-refractivity contribution in [1.82, 2.24) is 5.32 Å². The normalized spacial score (nSPS) is 10.6. The van der Waals surface area contributed by atoms with E-state index in [-0.39, 0.29) is 17.8 Å². The van der Waals surface area contributed by atoms with E-state index >= 15 is 0 Å². The van der Waals surface area contributed by atoms with E-state index in [2.05, 4.69) is 27.3 Å². The third kappa shape index (κ3) is 4.34. The van der Waals surface area contributed by atoms with Crippen LogP contribution < -0.4 is 5.32 Å². The van der Waals surface area contributed by atoms with Gasteiger partial charge in [-0.3, -0.25) is 14.9 Å². The van der Waals surface area contributed by atoms with E-state index in [1.807, 2.05) is 0 Å². The highest BCUT2D eigenvalue weighted by Gasteiger charge is 2.19. The lowest BCUT2D eigenvalue weighted by Crippen LogP contribution is -2.33. The van der Waals surface area contributed by atoms with Gasteiger partial charge in [0.05, 0.1) is 16.4 Å². The van der Waals surface area contributed by atoms with Crippen LogP contribution in [-0.4, -0.2) is 17.4 Å². The number of amides is 1. The molecule has 7 heteroatoms. The van der Waals surface area contributed by atoms with Crippen molar-refractivity contribution in [2.24, 2.45) is 5.41 Å². The van der Waals surface area contributed by atoms with Crippen LogP contribution in [0.15, 0.2) is 22.7 Å². The number of carbonyl (C=O) groups excluding carboxylic acids is 1. The van der Waals surface area contributed by atoms with Crippen molar-refractivity contribution in [1.29, 1.82) is 5.26 Å². The number of hydrogen-bond donors (Lipinski definition) is 1. The number of nitro benzene ring substituents is 1. The predicted octanol–water partition coefficient (Wildman–Crippen LogP) is 2.64. The molecule has 6 nitrogen and oxygen atoms in total. The number of nitrogens with one attached hydrogen (secondary N) is 1. The number of nitrogens with zero attached hydrogens (tertiary/aromatic N) is 2. The Morgan fingerprint density at radius 1 is 1.53 bits per heavy atom. The van der Waals surface area contributed by atoms with E-state index in [4.69, 9.17) is 5.26 Å². The SMILES string of the molecule is CC(C)(C#N)CNC(=O)c1cc(Br)cc([N+](=O)[O-])c1. The molecule has 19 heavy (non-hydrogen) atoms. The largest absolute Gasteiger partial charge is 0.350 e. The van der Waals surface area contributed by atoms with Crippen molar-refractivity contribution in [2.45, 2.75) is 13.8 Å². The van der Waals surface area contributed by atoms with E-state index in [1.165, 1.54) is 18.2 Å². The first-order valence-electron chi connectivity index (χ1n) is 5.39. The Bertz CT molecular complexity index is 564. The molecule has 0 aliphatic heterocycles. The quantitative estimate of drug-likeness (QED) is 0.679. The summed E-state index contributed by atoms with van der Waals surface area (Å²) in [5, 5.41) is 22.1. The summed E-state index contributed by atoms with van der Waals surface area (Å²) in [7, 11) is 0. The first kappa shape index (κ1) is 15.1. The highest BCUT2D eigenvalue weighted by molar-refractivity contribution is 9.10. The number of nitro groups is 1. The first-order valence-corrected chi connectivity index (χ1v) is 6.19. The van der Waals surface area contributed by atoms with Gasteiger partial charge in [-0.15, -0.1) is 0 Å². The molecular formula is C12H12BrN3O3. The van der Waals surface area contributed by atoms with Gasteiger partial charge >= 0.3 is 0 Å². The Hall–Kier alpha value is -1.94. The summed E-state index contributed by atoms with van der Waals surface area (Å²) in [6, 6.07) is 6.05. The Morgan fingerprint density at radius 2 is 2.16 bits per heavy atom. The average molecular weight is 326 g/mol. The van der Waals surface area contributed by atoms with Crippen LogP contribution in [0.5, 0.6) is 0 Å². The minimum atomic E-state index is -0.687. The molecular weight excluding hydrogens is 314 g/mol. The Kier molecular flexibility index (Phi) is 4.62. The predicted molar refractivity (Wildman–Crippen MR) is 72.5 cm³/mol. The fourth-order valence-corrected chi connectivity index (χ4v) is 1.73. The van der Waals surface area contributed by atoms with Gasteiger partial charge in [-0.1, -0.05) is 15.9 Å². The van der Waals surface area contributed by atoms with Crippen LogP contribution in [0.4, 0.5) is 5.69 Å². The zero-order chi connectivity index (χ0) is 14.6. The van der Waals surface area contributed by atoms with Crippen LogP contribution in [0.2, 0.25) is 0 Å². The summed E-state index contributed by atoms with van der Waals surface area (Å²) < 4.78 is 0.450. The summed E-state index contributed by atoms with van der Waals surface area (Å²) in [5.74, 6) is -0.451. The molecule has 1 aromatic carbocycles. The highest BCUT2D eigenvalue weighted by Crippen LogP contribution is 2.21. The minimum Gasteiger partial charge on any atom is -0.350 e. The fourth-order valence-electron chi connectivity index (χ4n) is 1.25.